The van der Waals surface area contributed by atoms with E-state index < -0.39 is 0 Å². The van der Waals surface area contributed by atoms with Crippen LogP contribution in [0.1, 0.15) is 43.1 Å². The second-order valence-corrected chi connectivity index (χ2v) is 6.58. The van der Waals surface area contributed by atoms with E-state index >= 15 is 0 Å². The van der Waals surface area contributed by atoms with E-state index in [2.05, 4.69) is 68.3 Å². The summed E-state index contributed by atoms with van der Waals surface area (Å²) in [5.41, 5.74) is 3.73. The number of aryl methyl sites for hydroxylation is 2. The Hall–Kier alpha value is -1.32. The van der Waals surface area contributed by atoms with Gasteiger partial charge in [0.2, 0.25) is 0 Å². The molecule has 2 aromatic rings. The predicted octanol–water partition coefficient (Wildman–Crippen LogP) is 4.91. The second kappa shape index (κ2) is 7.62. The van der Waals surface area contributed by atoms with Gasteiger partial charge in [0.15, 0.2) is 0 Å². The highest BCUT2D eigenvalue weighted by molar-refractivity contribution is 7.99. The first-order valence-electron chi connectivity index (χ1n) is 7.54. The molecule has 21 heavy (non-hydrogen) atoms. The van der Waals surface area contributed by atoms with E-state index in [4.69, 9.17) is 0 Å². The van der Waals surface area contributed by atoms with Gasteiger partial charge in [0.1, 0.15) is 0 Å². The molecule has 0 aliphatic carbocycles. The number of hydrogen-bond donors (Lipinski definition) is 1. The summed E-state index contributed by atoms with van der Waals surface area (Å²) >= 11 is 1.78. The number of aromatic nitrogens is 1. The Morgan fingerprint density at radius 2 is 2.00 bits per heavy atom. The number of pyridine rings is 1. The minimum atomic E-state index is 0.310. The largest absolute Gasteiger partial charge is 0.309 e. The minimum Gasteiger partial charge on any atom is -0.309 e. The normalized spacial score (nSPS) is 12.4. The van der Waals surface area contributed by atoms with Gasteiger partial charge >= 0.3 is 0 Å². The predicted molar refractivity (Wildman–Crippen MR) is 91.0 cm³/mol. The lowest BCUT2D eigenvalue weighted by Gasteiger charge is -2.13. The molecule has 1 aromatic heterocycles. The Kier molecular flexibility index (Phi) is 5.83. The van der Waals surface area contributed by atoms with E-state index in [1.54, 1.807) is 11.8 Å². The maximum Gasteiger partial charge on any atom is 0.0571 e. The van der Waals surface area contributed by atoms with E-state index in [-0.39, 0.29) is 0 Å². The lowest BCUT2D eigenvalue weighted by molar-refractivity contribution is 0.558. The molecule has 0 aliphatic heterocycles. The second-order valence-electron chi connectivity index (χ2n) is 5.47. The van der Waals surface area contributed by atoms with E-state index in [0.717, 1.165) is 18.7 Å². The van der Waals surface area contributed by atoms with Crippen LogP contribution in [0.25, 0.3) is 0 Å². The Morgan fingerprint density at radius 1 is 1.19 bits per heavy atom. The molecule has 2 nitrogen and oxygen atoms in total. The van der Waals surface area contributed by atoms with Crippen molar-refractivity contribution < 1.29 is 0 Å². The van der Waals surface area contributed by atoms with Crippen molar-refractivity contribution in [3.8, 4) is 0 Å². The maximum absolute atomic E-state index is 4.59. The molecule has 0 amide bonds. The zero-order valence-electron chi connectivity index (χ0n) is 13.3. The van der Waals surface area contributed by atoms with E-state index in [1.807, 2.05) is 6.20 Å². The molecular formula is C18H24N2S. The third-order valence-corrected chi connectivity index (χ3v) is 4.62. The molecule has 0 bridgehead atoms. The highest BCUT2D eigenvalue weighted by atomic mass is 32.2. The van der Waals surface area contributed by atoms with Gasteiger partial charge in [0.05, 0.1) is 5.69 Å². The molecule has 1 N–H and O–H groups in total. The fraction of sp³-hybridized carbons (Fsp3) is 0.389. The molecule has 0 radical (unpaired) electrons. The first kappa shape index (κ1) is 16.1. The Labute approximate surface area is 132 Å². The van der Waals surface area contributed by atoms with Crippen LogP contribution in [-0.2, 0) is 0 Å². The summed E-state index contributed by atoms with van der Waals surface area (Å²) in [5, 5.41) is 3.46. The van der Waals surface area contributed by atoms with Crippen LogP contribution in [0.15, 0.2) is 46.3 Å². The number of hydrogen-bond acceptors (Lipinski definition) is 3. The summed E-state index contributed by atoms with van der Waals surface area (Å²) in [4.78, 5) is 7.08. The summed E-state index contributed by atoms with van der Waals surface area (Å²) in [6.07, 6.45) is 3.12. The van der Waals surface area contributed by atoms with Gasteiger partial charge in [-0.25, -0.2) is 0 Å². The van der Waals surface area contributed by atoms with E-state index in [0.29, 0.717) is 6.04 Å². The maximum atomic E-state index is 4.59. The minimum absolute atomic E-state index is 0.310. The molecule has 0 aliphatic rings. The summed E-state index contributed by atoms with van der Waals surface area (Å²) in [7, 11) is 0. The standard InChI is InChI=1S/C18H24N2S/c1-5-10-19-15(4)17-8-7-16(12-20-17)21-18-9-6-13(2)11-14(18)3/h6-9,11-12,15,19H,5,10H2,1-4H3. The Balaban J connectivity index is 2.05. The van der Waals surface area contributed by atoms with Gasteiger partial charge in [-0.1, -0.05) is 36.4 Å². The molecule has 2 rings (SSSR count). The van der Waals surface area contributed by atoms with Gasteiger partial charge in [-0.3, -0.25) is 4.98 Å². The summed E-state index contributed by atoms with van der Waals surface area (Å²) < 4.78 is 0. The van der Waals surface area contributed by atoms with Crippen molar-refractivity contribution in [1.29, 1.82) is 0 Å². The fourth-order valence-electron chi connectivity index (χ4n) is 2.21. The summed E-state index contributed by atoms with van der Waals surface area (Å²) in [6, 6.07) is 11.2. The SMILES string of the molecule is CCCNC(C)c1ccc(Sc2ccc(C)cc2C)cn1. The van der Waals surface area contributed by atoms with Gasteiger partial charge in [-0.15, -0.1) is 0 Å². The fourth-order valence-corrected chi connectivity index (χ4v) is 3.07. The van der Waals surface area contributed by atoms with Crippen LogP contribution in [0.2, 0.25) is 0 Å². The third-order valence-electron chi connectivity index (χ3n) is 3.46. The van der Waals surface area contributed by atoms with Crippen molar-refractivity contribution in [3.05, 3.63) is 53.3 Å². The van der Waals surface area contributed by atoms with Crippen LogP contribution >= 0.6 is 11.8 Å². The van der Waals surface area contributed by atoms with Gasteiger partial charge in [-0.05, 0) is 57.5 Å². The van der Waals surface area contributed by atoms with Crippen molar-refractivity contribution >= 4 is 11.8 Å². The van der Waals surface area contributed by atoms with Crippen molar-refractivity contribution in [2.45, 2.75) is 49.9 Å². The van der Waals surface area contributed by atoms with Gasteiger partial charge in [-0.2, -0.15) is 0 Å². The quantitative estimate of drug-likeness (QED) is 0.820. The third kappa shape index (κ3) is 4.58. The molecule has 1 atom stereocenters. The molecule has 112 valence electrons. The van der Waals surface area contributed by atoms with Crippen LogP contribution in [0.4, 0.5) is 0 Å². The average Bonchev–Trinajstić information content (AvgIpc) is 2.48. The summed E-state index contributed by atoms with van der Waals surface area (Å²) in [5.74, 6) is 0. The molecule has 0 saturated heterocycles. The van der Waals surface area contributed by atoms with E-state index in [1.165, 1.54) is 20.9 Å². The number of nitrogens with one attached hydrogen (secondary N) is 1. The van der Waals surface area contributed by atoms with Crippen molar-refractivity contribution in [2.24, 2.45) is 0 Å². The Bertz CT molecular complexity index is 578. The molecule has 0 spiro atoms. The monoisotopic (exact) mass is 300 g/mol. The highest BCUT2D eigenvalue weighted by Crippen LogP contribution is 2.30. The molecular weight excluding hydrogens is 276 g/mol. The number of nitrogens with zero attached hydrogens (tertiary/aromatic N) is 1. The highest BCUT2D eigenvalue weighted by Gasteiger charge is 2.07. The van der Waals surface area contributed by atoms with Gasteiger partial charge < -0.3 is 5.32 Å². The van der Waals surface area contributed by atoms with Crippen LogP contribution in [0.5, 0.6) is 0 Å². The topological polar surface area (TPSA) is 24.9 Å². The summed E-state index contributed by atoms with van der Waals surface area (Å²) in [6.45, 7) is 9.66. The molecule has 1 aromatic carbocycles. The van der Waals surface area contributed by atoms with Crippen molar-refractivity contribution in [3.63, 3.8) is 0 Å². The lowest BCUT2D eigenvalue weighted by atomic mass is 10.2. The molecule has 1 unspecified atom stereocenters. The molecule has 0 saturated carbocycles. The number of rotatable bonds is 6. The molecule has 1 heterocycles. The van der Waals surface area contributed by atoms with Gasteiger partial charge in [0, 0.05) is 22.0 Å². The van der Waals surface area contributed by atoms with Crippen LogP contribution in [-0.4, -0.2) is 11.5 Å². The van der Waals surface area contributed by atoms with E-state index in [9.17, 15) is 0 Å². The lowest BCUT2D eigenvalue weighted by Crippen LogP contribution is -2.20. The smallest absolute Gasteiger partial charge is 0.0571 e. The zero-order chi connectivity index (χ0) is 15.2. The zero-order valence-corrected chi connectivity index (χ0v) is 14.1. The average molecular weight is 300 g/mol. The molecule has 3 heteroatoms. The van der Waals surface area contributed by atoms with Crippen molar-refractivity contribution in [1.82, 2.24) is 10.3 Å². The first-order chi connectivity index (χ1) is 10.1. The molecule has 0 fully saturated rings. The van der Waals surface area contributed by atoms with Crippen molar-refractivity contribution in [2.75, 3.05) is 6.54 Å². The van der Waals surface area contributed by atoms with Crippen LogP contribution in [0.3, 0.4) is 0 Å². The van der Waals surface area contributed by atoms with Crippen LogP contribution in [0, 0.1) is 13.8 Å². The van der Waals surface area contributed by atoms with Gasteiger partial charge in [0.25, 0.3) is 0 Å². The number of benzene rings is 1. The Morgan fingerprint density at radius 3 is 2.62 bits per heavy atom. The first-order valence-corrected chi connectivity index (χ1v) is 8.36. The van der Waals surface area contributed by atoms with Crippen LogP contribution < -0.4 is 5.32 Å².